The van der Waals surface area contributed by atoms with Crippen LogP contribution in [0.15, 0.2) is 0 Å². The molecule has 1 unspecified atom stereocenters. The number of nitrogens with zero attached hydrogens (tertiary/aromatic N) is 1. The summed E-state index contributed by atoms with van der Waals surface area (Å²) >= 11 is 0. The third kappa shape index (κ3) is 1.97. The molecule has 5 heteroatoms. The number of rotatable bonds is 2. The quantitative estimate of drug-likeness (QED) is 0.632. The smallest absolute Gasteiger partial charge is 0.245 e. The van der Waals surface area contributed by atoms with E-state index in [9.17, 15) is 9.59 Å². The van der Waals surface area contributed by atoms with Crippen molar-refractivity contribution in [1.82, 2.24) is 10.2 Å². The van der Waals surface area contributed by atoms with E-state index in [2.05, 4.69) is 5.32 Å². The van der Waals surface area contributed by atoms with Crippen LogP contribution in [-0.4, -0.2) is 47.1 Å². The molecule has 2 heterocycles. The number of carbonyl (C=O) groups is 2. The monoisotopic (exact) mass is 212 g/mol. The van der Waals surface area contributed by atoms with Gasteiger partial charge in [-0.3, -0.25) is 9.59 Å². The third-order valence-electron chi connectivity index (χ3n) is 3.16. The Balaban J connectivity index is 1.98. The third-order valence-corrected chi connectivity index (χ3v) is 3.16. The first kappa shape index (κ1) is 10.4. The van der Waals surface area contributed by atoms with Crippen LogP contribution in [-0.2, 0) is 9.59 Å². The second-order valence-corrected chi connectivity index (χ2v) is 4.17. The van der Waals surface area contributed by atoms with E-state index in [0.717, 1.165) is 12.8 Å². The maximum atomic E-state index is 12.0. The SMILES string of the molecule is O=C1CC[C@@H](C(=O)N2CCCC2CO)N1. The molecule has 2 saturated heterocycles. The van der Waals surface area contributed by atoms with Crippen LogP contribution in [0.5, 0.6) is 0 Å². The van der Waals surface area contributed by atoms with Crippen molar-refractivity contribution in [3.8, 4) is 0 Å². The highest BCUT2D eigenvalue weighted by Gasteiger charge is 2.35. The van der Waals surface area contributed by atoms with E-state index in [1.807, 2.05) is 0 Å². The molecular formula is C10H16N2O3. The second kappa shape index (κ2) is 4.18. The summed E-state index contributed by atoms with van der Waals surface area (Å²) in [6.45, 7) is 0.725. The van der Waals surface area contributed by atoms with Crippen LogP contribution in [0.25, 0.3) is 0 Å². The molecule has 0 aliphatic carbocycles. The van der Waals surface area contributed by atoms with Gasteiger partial charge >= 0.3 is 0 Å². The number of hydrogen-bond donors (Lipinski definition) is 2. The number of aliphatic hydroxyl groups is 1. The van der Waals surface area contributed by atoms with Gasteiger partial charge in [0.1, 0.15) is 6.04 Å². The van der Waals surface area contributed by atoms with Gasteiger partial charge in [-0.1, -0.05) is 0 Å². The van der Waals surface area contributed by atoms with E-state index in [0.29, 0.717) is 19.4 Å². The van der Waals surface area contributed by atoms with Gasteiger partial charge in [-0.15, -0.1) is 0 Å². The Morgan fingerprint density at radius 3 is 2.93 bits per heavy atom. The highest BCUT2D eigenvalue weighted by atomic mass is 16.3. The standard InChI is InChI=1S/C10H16N2O3/c13-6-7-2-1-5-12(7)10(15)8-3-4-9(14)11-8/h7-8,13H,1-6H2,(H,11,14)/t7?,8-/m0/s1. The number of hydrogen-bond acceptors (Lipinski definition) is 3. The summed E-state index contributed by atoms with van der Waals surface area (Å²) in [5, 5.41) is 11.8. The number of aliphatic hydroxyl groups excluding tert-OH is 1. The molecule has 2 amide bonds. The van der Waals surface area contributed by atoms with Crippen LogP contribution in [0, 0.1) is 0 Å². The van der Waals surface area contributed by atoms with E-state index in [4.69, 9.17) is 5.11 Å². The van der Waals surface area contributed by atoms with E-state index in [1.165, 1.54) is 0 Å². The van der Waals surface area contributed by atoms with Crippen molar-refractivity contribution >= 4 is 11.8 Å². The van der Waals surface area contributed by atoms with Crippen LogP contribution in [0.3, 0.4) is 0 Å². The lowest BCUT2D eigenvalue weighted by Crippen LogP contribution is -2.47. The van der Waals surface area contributed by atoms with Crippen molar-refractivity contribution in [2.45, 2.75) is 37.8 Å². The molecule has 0 bridgehead atoms. The minimum atomic E-state index is -0.357. The van der Waals surface area contributed by atoms with Gasteiger partial charge in [0.25, 0.3) is 0 Å². The van der Waals surface area contributed by atoms with E-state index >= 15 is 0 Å². The van der Waals surface area contributed by atoms with Gasteiger partial charge in [-0.2, -0.15) is 0 Å². The normalized spacial score (nSPS) is 30.7. The summed E-state index contributed by atoms with van der Waals surface area (Å²) in [5.74, 6) is -0.0782. The van der Waals surface area contributed by atoms with Crippen LogP contribution in [0.4, 0.5) is 0 Å². The summed E-state index contributed by atoms with van der Waals surface area (Å²) in [6.07, 6.45) is 2.83. The fourth-order valence-electron chi connectivity index (χ4n) is 2.32. The molecule has 2 aliphatic heterocycles. The lowest BCUT2D eigenvalue weighted by atomic mass is 10.2. The zero-order chi connectivity index (χ0) is 10.8. The van der Waals surface area contributed by atoms with Crippen LogP contribution in [0.2, 0.25) is 0 Å². The Morgan fingerprint density at radius 2 is 2.33 bits per heavy atom. The van der Waals surface area contributed by atoms with Crippen molar-refractivity contribution in [3.63, 3.8) is 0 Å². The predicted molar refractivity (Wildman–Crippen MR) is 53.0 cm³/mol. The molecule has 0 saturated carbocycles. The Morgan fingerprint density at radius 1 is 1.53 bits per heavy atom. The van der Waals surface area contributed by atoms with Gasteiger partial charge in [0.2, 0.25) is 11.8 Å². The van der Waals surface area contributed by atoms with Crippen molar-refractivity contribution in [2.75, 3.05) is 13.2 Å². The number of carbonyl (C=O) groups excluding carboxylic acids is 2. The molecule has 2 rings (SSSR count). The zero-order valence-corrected chi connectivity index (χ0v) is 8.61. The average Bonchev–Trinajstić information content (AvgIpc) is 2.84. The Kier molecular flexibility index (Phi) is 2.90. The van der Waals surface area contributed by atoms with Gasteiger partial charge in [0.05, 0.1) is 12.6 Å². The lowest BCUT2D eigenvalue weighted by Gasteiger charge is -2.25. The summed E-state index contributed by atoms with van der Waals surface area (Å²) < 4.78 is 0. The molecule has 84 valence electrons. The van der Waals surface area contributed by atoms with E-state index < -0.39 is 0 Å². The van der Waals surface area contributed by atoms with Crippen molar-refractivity contribution < 1.29 is 14.7 Å². The minimum Gasteiger partial charge on any atom is -0.394 e. The Labute approximate surface area is 88.4 Å². The van der Waals surface area contributed by atoms with Crippen LogP contribution >= 0.6 is 0 Å². The highest BCUT2D eigenvalue weighted by molar-refractivity contribution is 5.91. The number of nitrogens with one attached hydrogen (secondary N) is 1. The van der Waals surface area contributed by atoms with Crippen molar-refractivity contribution in [3.05, 3.63) is 0 Å². The maximum absolute atomic E-state index is 12.0. The predicted octanol–water partition coefficient (Wildman–Crippen LogP) is -0.752. The topological polar surface area (TPSA) is 69.6 Å². The molecular weight excluding hydrogens is 196 g/mol. The first-order valence-electron chi connectivity index (χ1n) is 5.43. The fourth-order valence-corrected chi connectivity index (χ4v) is 2.32. The summed E-state index contributed by atoms with van der Waals surface area (Å²) in [6, 6.07) is -0.403. The fraction of sp³-hybridized carbons (Fsp3) is 0.800. The second-order valence-electron chi connectivity index (χ2n) is 4.17. The minimum absolute atomic E-state index is 0.0202. The molecule has 0 aromatic carbocycles. The zero-order valence-electron chi connectivity index (χ0n) is 8.61. The van der Waals surface area contributed by atoms with Crippen LogP contribution in [0.1, 0.15) is 25.7 Å². The average molecular weight is 212 g/mol. The van der Waals surface area contributed by atoms with Gasteiger partial charge in [0, 0.05) is 13.0 Å². The molecule has 2 atom stereocenters. The summed E-state index contributed by atoms with van der Waals surface area (Å²) in [4.78, 5) is 24.7. The summed E-state index contributed by atoms with van der Waals surface area (Å²) in [7, 11) is 0. The molecule has 0 spiro atoms. The molecule has 0 aromatic heterocycles. The van der Waals surface area contributed by atoms with Gasteiger partial charge in [0.15, 0.2) is 0 Å². The number of likely N-dealkylation sites (tertiary alicyclic amines) is 1. The molecule has 2 fully saturated rings. The molecule has 0 aromatic rings. The van der Waals surface area contributed by atoms with Gasteiger partial charge in [-0.25, -0.2) is 0 Å². The van der Waals surface area contributed by atoms with Crippen LogP contribution < -0.4 is 5.32 Å². The Bertz CT molecular complexity index is 280. The Hall–Kier alpha value is -1.10. The molecule has 0 radical (unpaired) electrons. The highest BCUT2D eigenvalue weighted by Crippen LogP contribution is 2.20. The summed E-state index contributed by atoms with van der Waals surface area (Å²) in [5.41, 5.74) is 0. The lowest BCUT2D eigenvalue weighted by molar-refractivity contribution is -0.135. The van der Waals surface area contributed by atoms with E-state index in [1.54, 1.807) is 4.90 Å². The van der Waals surface area contributed by atoms with Gasteiger partial charge in [-0.05, 0) is 19.3 Å². The molecule has 15 heavy (non-hydrogen) atoms. The number of amides is 2. The van der Waals surface area contributed by atoms with Crippen molar-refractivity contribution in [1.29, 1.82) is 0 Å². The molecule has 5 nitrogen and oxygen atoms in total. The first-order valence-corrected chi connectivity index (χ1v) is 5.43. The molecule has 2 aliphatic rings. The largest absolute Gasteiger partial charge is 0.394 e. The molecule has 2 N–H and O–H groups in total. The maximum Gasteiger partial charge on any atom is 0.245 e. The van der Waals surface area contributed by atoms with Crippen molar-refractivity contribution in [2.24, 2.45) is 0 Å². The first-order chi connectivity index (χ1) is 7.22. The van der Waals surface area contributed by atoms with E-state index in [-0.39, 0.29) is 30.5 Å². The van der Waals surface area contributed by atoms with Gasteiger partial charge < -0.3 is 15.3 Å².